The predicted octanol–water partition coefficient (Wildman–Crippen LogP) is 1.45. The van der Waals surface area contributed by atoms with Crippen LogP contribution in [0.3, 0.4) is 0 Å². The van der Waals surface area contributed by atoms with Gasteiger partial charge in [-0.25, -0.2) is 9.18 Å². The van der Waals surface area contributed by atoms with Gasteiger partial charge in [0.25, 0.3) is 0 Å². The van der Waals surface area contributed by atoms with E-state index in [0.717, 1.165) is 72.6 Å². The number of rotatable bonds is 12. The number of hydrogen-bond acceptors (Lipinski definition) is 10. The number of anilines is 3. The second kappa shape index (κ2) is 16.6. The largest absolute Gasteiger partial charge is 1.00 e. The van der Waals surface area contributed by atoms with Crippen LogP contribution in [0.1, 0.15) is 37.2 Å². The summed E-state index contributed by atoms with van der Waals surface area (Å²) >= 11 is 0. The molecule has 0 aliphatic carbocycles. The van der Waals surface area contributed by atoms with Gasteiger partial charge in [0.2, 0.25) is 11.2 Å². The number of halogens is 2. The molecule has 3 aromatic heterocycles. The second-order valence-electron chi connectivity index (χ2n) is 12.5. The first kappa shape index (κ1) is 37.7. The number of methoxy groups -OCH3 is 1. The Kier molecular flexibility index (Phi) is 12.3. The molecule has 12 nitrogen and oxygen atoms in total. The zero-order valence-corrected chi connectivity index (χ0v) is 31.8. The molecular weight excluding hydrogens is 766 g/mol. The molecule has 0 saturated carbocycles. The van der Waals surface area contributed by atoms with E-state index >= 15 is 4.39 Å². The van der Waals surface area contributed by atoms with Gasteiger partial charge in [-0.1, -0.05) is 5.21 Å². The predicted molar refractivity (Wildman–Crippen MR) is 194 cm³/mol. The SMILES string of the molecule is CCN(CC)c1ccc2cc(/C=C/c3cc(N4CCN(C)CC4)c4cc(F)c(NCc5cn(CCC(=O)OC)nn5)cc4[n+]3C)c(=O)oc2c1.[I-]. The normalized spacial score (nSPS) is 13.6. The van der Waals surface area contributed by atoms with Crippen molar-refractivity contribution in [1.82, 2.24) is 19.9 Å². The van der Waals surface area contributed by atoms with Gasteiger partial charge in [0.05, 0.1) is 55.1 Å². The van der Waals surface area contributed by atoms with E-state index < -0.39 is 5.63 Å². The Balaban J connectivity index is 0.00000504. The van der Waals surface area contributed by atoms with Crippen LogP contribution in [0.25, 0.3) is 34.0 Å². The molecule has 0 spiro atoms. The minimum atomic E-state index is -0.413. The van der Waals surface area contributed by atoms with Gasteiger partial charge in [0, 0.05) is 74.6 Å². The van der Waals surface area contributed by atoms with E-state index in [1.807, 2.05) is 42.0 Å². The molecule has 4 heterocycles. The standard InChI is InChI=1S/C37H43FN8O4.HI/c1-6-44(7-2)29-11-8-25-18-26(37(48)50-35(25)20-29)9-10-28-19-34(45-16-14-42(3)15-17-45)30-21-31(38)32(22-33(30)43(28)4)39-23-27-24-46(41-40-27)13-12-36(47)49-5;/h8-11,18-22,24H,6-7,12-17,23H2,1-5H3;1H/b10-9+;. The average Bonchev–Trinajstić information content (AvgIpc) is 3.58. The molecule has 1 N–H and O–H groups in total. The molecule has 1 aliphatic rings. The van der Waals surface area contributed by atoms with Gasteiger partial charge in [-0.3, -0.25) is 9.48 Å². The number of esters is 1. The van der Waals surface area contributed by atoms with Gasteiger partial charge in [-0.2, -0.15) is 4.57 Å². The summed E-state index contributed by atoms with van der Waals surface area (Å²) in [5, 5.41) is 13.0. The molecule has 2 aromatic carbocycles. The molecule has 1 fully saturated rings. The van der Waals surface area contributed by atoms with E-state index in [2.05, 4.69) is 57.3 Å². The maximum absolute atomic E-state index is 15.7. The Labute approximate surface area is 313 Å². The number of pyridine rings is 1. The van der Waals surface area contributed by atoms with Crippen molar-refractivity contribution in [3.8, 4) is 0 Å². The van der Waals surface area contributed by atoms with Crippen LogP contribution in [0, 0.1) is 5.82 Å². The third-order valence-electron chi connectivity index (χ3n) is 9.37. The van der Waals surface area contributed by atoms with E-state index in [4.69, 9.17) is 9.15 Å². The third kappa shape index (κ3) is 8.50. The fourth-order valence-corrected chi connectivity index (χ4v) is 6.32. The molecule has 0 amide bonds. The van der Waals surface area contributed by atoms with E-state index in [9.17, 15) is 9.59 Å². The zero-order valence-electron chi connectivity index (χ0n) is 29.7. The van der Waals surface area contributed by atoms with Crippen LogP contribution in [0.2, 0.25) is 0 Å². The highest BCUT2D eigenvalue weighted by atomic mass is 127. The van der Waals surface area contributed by atoms with E-state index in [0.29, 0.717) is 29.1 Å². The lowest BCUT2D eigenvalue weighted by Gasteiger charge is -2.34. The summed E-state index contributed by atoms with van der Waals surface area (Å²) in [6, 6.07) is 13.2. The smallest absolute Gasteiger partial charge is 0.343 e. The van der Waals surface area contributed by atoms with Gasteiger partial charge in [-0.05, 0) is 51.2 Å². The van der Waals surface area contributed by atoms with Crippen LogP contribution in [-0.2, 0) is 29.7 Å². The van der Waals surface area contributed by atoms with Crippen LogP contribution >= 0.6 is 0 Å². The number of likely N-dealkylation sites (N-methyl/N-ethyl adjacent to an activating group) is 1. The Morgan fingerprint density at radius 3 is 2.59 bits per heavy atom. The number of carbonyl (C=O) groups is 1. The second-order valence-corrected chi connectivity index (χ2v) is 12.5. The maximum atomic E-state index is 15.7. The number of fused-ring (bicyclic) bond motifs is 2. The number of aromatic nitrogens is 4. The highest BCUT2D eigenvalue weighted by Gasteiger charge is 2.24. The Morgan fingerprint density at radius 2 is 1.86 bits per heavy atom. The molecular formula is C37H44FIN8O4. The lowest BCUT2D eigenvalue weighted by Crippen LogP contribution is -3.00. The van der Waals surface area contributed by atoms with E-state index in [1.165, 1.54) is 7.11 Å². The molecule has 1 saturated heterocycles. The average molecular weight is 811 g/mol. The van der Waals surface area contributed by atoms with Crippen molar-refractivity contribution in [2.75, 3.05) is 68.5 Å². The van der Waals surface area contributed by atoms with Crippen LogP contribution < -0.4 is 49.3 Å². The lowest BCUT2D eigenvalue weighted by atomic mass is 10.1. The molecule has 270 valence electrons. The first-order valence-corrected chi connectivity index (χ1v) is 17.0. The van der Waals surface area contributed by atoms with Crippen molar-refractivity contribution in [3.05, 3.63) is 81.9 Å². The Hall–Kier alpha value is -4.57. The highest BCUT2D eigenvalue weighted by molar-refractivity contribution is 5.93. The van der Waals surface area contributed by atoms with Crippen molar-refractivity contribution >= 4 is 57.1 Å². The third-order valence-corrected chi connectivity index (χ3v) is 9.37. The summed E-state index contributed by atoms with van der Waals surface area (Å²) in [6.45, 7) is 9.89. The van der Waals surface area contributed by atoms with Crippen LogP contribution in [0.15, 0.2) is 57.9 Å². The molecule has 51 heavy (non-hydrogen) atoms. The molecule has 5 aromatic rings. The number of aryl methyl sites for hydroxylation is 2. The van der Waals surface area contributed by atoms with Crippen molar-refractivity contribution in [3.63, 3.8) is 0 Å². The topological polar surface area (TPSA) is 113 Å². The van der Waals surface area contributed by atoms with Gasteiger partial charge in [0.15, 0.2) is 0 Å². The molecule has 0 radical (unpaired) electrons. The summed E-state index contributed by atoms with van der Waals surface area (Å²) in [6.07, 6.45) is 5.59. The van der Waals surface area contributed by atoms with Crippen molar-refractivity contribution in [2.45, 2.75) is 33.4 Å². The summed E-state index contributed by atoms with van der Waals surface area (Å²) in [7, 11) is 5.38. The zero-order chi connectivity index (χ0) is 35.4. The summed E-state index contributed by atoms with van der Waals surface area (Å²) < 4.78 is 29.7. The Morgan fingerprint density at radius 1 is 1.10 bits per heavy atom. The molecule has 0 unspecified atom stereocenters. The number of hydrogen-bond donors (Lipinski definition) is 1. The van der Waals surface area contributed by atoms with E-state index in [1.54, 1.807) is 29.1 Å². The van der Waals surface area contributed by atoms with Gasteiger partial charge in [0.1, 0.15) is 24.1 Å². The van der Waals surface area contributed by atoms with Gasteiger partial charge >= 0.3 is 11.6 Å². The monoisotopic (exact) mass is 810 g/mol. The number of nitrogens with zero attached hydrogens (tertiary/aromatic N) is 7. The van der Waals surface area contributed by atoms with Crippen molar-refractivity contribution in [2.24, 2.45) is 7.05 Å². The molecule has 14 heteroatoms. The number of piperazine rings is 1. The molecule has 0 atom stereocenters. The fraction of sp³-hybridized carbons (Fsp3) is 0.378. The molecule has 6 rings (SSSR count). The first-order valence-electron chi connectivity index (χ1n) is 17.0. The number of carbonyl (C=O) groups excluding carboxylic acids is 1. The molecule has 1 aliphatic heterocycles. The van der Waals surface area contributed by atoms with Gasteiger partial charge < -0.3 is 53.1 Å². The first-order chi connectivity index (χ1) is 24.2. The number of benzene rings is 2. The minimum absolute atomic E-state index is 0. The Bertz CT molecular complexity index is 2100. The quantitative estimate of drug-likeness (QED) is 0.0861. The fourth-order valence-electron chi connectivity index (χ4n) is 6.32. The summed E-state index contributed by atoms with van der Waals surface area (Å²) in [5.74, 6) is -0.714. The van der Waals surface area contributed by atoms with Crippen molar-refractivity contribution < 1.29 is 46.9 Å². The van der Waals surface area contributed by atoms with Crippen LogP contribution in [0.5, 0.6) is 0 Å². The summed E-state index contributed by atoms with van der Waals surface area (Å²) in [4.78, 5) is 31.4. The van der Waals surface area contributed by atoms with Crippen LogP contribution in [-0.4, -0.2) is 79.3 Å². The van der Waals surface area contributed by atoms with Crippen molar-refractivity contribution in [1.29, 1.82) is 0 Å². The molecule has 0 bridgehead atoms. The highest BCUT2D eigenvalue weighted by Crippen LogP contribution is 2.31. The minimum Gasteiger partial charge on any atom is -1.00 e. The number of ether oxygens (including phenoxy) is 1. The number of nitrogens with one attached hydrogen (secondary N) is 1. The lowest BCUT2D eigenvalue weighted by molar-refractivity contribution is -0.646. The maximum Gasteiger partial charge on any atom is 0.343 e. The van der Waals surface area contributed by atoms with Gasteiger partial charge in [-0.15, -0.1) is 5.10 Å². The summed E-state index contributed by atoms with van der Waals surface area (Å²) in [5.41, 5.74) is 5.11. The van der Waals surface area contributed by atoms with E-state index in [-0.39, 0.29) is 48.7 Å². The van der Waals surface area contributed by atoms with Crippen LogP contribution in [0.4, 0.5) is 21.5 Å².